The van der Waals surface area contributed by atoms with E-state index in [1.54, 1.807) is 12.1 Å². The van der Waals surface area contributed by atoms with Crippen LogP contribution in [0.15, 0.2) is 60.0 Å². The fraction of sp³-hybridized carbons (Fsp3) is 0.238. The molecule has 0 N–H and O–H groups in total. The summed E-state index contributed by atoms with van der Waals surface area (Å²) in [5, 5.41) is 2.63. The van der Waals surface area contributed by atoms with Gasteiger partial charge in [-0.1, -0.05) is 30.3 Å². The van der Waals surface area contributed by atoms with Crippen LogP contribution in [0.2, 0.25) is 0 Å². The third-order valence-corrected chi connectivity index (χ3v) is 5.46. The molecule has 0 spiro atoms. The lowest BCUT2D eigenvalue weighted by Crippen LogP contribution is -2.23. The first-order valence-corrected chi connectivity index (χ1v) is 9.58. The van der Waals surface area contributed by atoms with Crippen LogP contribution in [0.4, 0.5) is 4.39 Å². The summed E-state index contributed by atoms with van der Waals surface area (Å²) in [5.74, 6) is 0.0913. The summed E-state index contributed by atoms with van der Waals surface area (Å²) in [6.07, 6.45) is 1.65. The highest BCUT2D eigenvalue weighted by molar-refractivity contribution is 7.09. The minimum absolute atomic E-state index is 0.153. The van der Waals surface area contributed by atoms with E-state index >= 15 is 0 Å². The standard InChI is InChI=1S/C21H18FNO3S/c22-16-6-8-18(9-7-16)25-13-19-23-17(14-27-19)12-26-20(24)21(10-11-21)15-4-2-1-3-5-15/h1-9,14H,10-13H2. The quantitative estimate of drug-likeness (QED) is 0.558. The molecule has 1 aliphatic rings. The molecule has 0 atom stereocenters. The van der Waals surface area contributed by atoms with E-state index in [9.17, 15) is 9.18 Å². The van der Waals surface area contributed by atoms with E-state index in [4.69, 9.17) is 9.47 Å². The second-order valence-electron chi connectivity index (χ2n) is 6.50. The Bertz CT molecular complexity index is 920. The molecule has 0 unspecified atom stereocenters. The summed E-state index contributed by atoms with van der Waals surface area (Å²) in [5.41, 5.74) is 1.24. The first-order chi connectivity index (χ1) is 13.2. The zero-order valence-corrected chi connectivity index (χ0v) is 15.4. The van der Waals surface area contributed by atoms with Gasteiger partial charge in [0, 0.05) is 5.38 Å². The average molecular weight is 383 g/mol. The number of hydrogen-bond donors (Lipinski definition) is 0. The van der Waals surface area contributed by atoms with Gasteiger partial charge in [-0.3, -0.25) is 4.79 Å². The van der Waals surface area contributed by atoms with Crippen molar-refractivity contribution in [3.05, 3.63) is 82.1 Å². The van der Waals surface area contributed by atoms with Gasteiger partial charge in [-0.2, -0.15) is 0 Å². The third kappa shape index (κ3) is 4.01. The van der Waals surface area contributed by atoms with E-state index in [0.29, 0.717) is 11.4 Å². The molecular weight excluding hydrogens is 365 g/mol. The van der Waals surface area contributed by atoms with E-state index in [2.05, 4.69) is 4.98 Å². The molecule has 2 aromatic carbocycles. The average Bonchev–Trinajstić information content (AvgIpc) is 3.40. The van der Waals surface area contributed by atoms with E-state index < -0.39 is 5.41 Å². The number of hydrogen-bond acceptors (Lipinski definition) is 5. The largest absolute Gasteiger partial charge is 0.486 e. The number of benzene rings is 2. The van der Waals surface area contributed by atoms with Gasteiger partial charge in [-0.15, -0.1) is 11.3 Å². The van der Waals surface area contributed by atoms with Gasteiger partial charge in [0.2, 0.25) is 0 Å². The highest BCUT2D eigenvalue weighted by atomic mass is 32.1. The van der Waals surface area contributed by atoms with Gasteiger partial charge >= 0.3 is 5.97 Å². The van der Waals surface area contributed by atoms with Crippen molar-refractivity contribution in [1.82, 2.24) is 4.98 Å². The van der Waals surface area contributed by atoms with E-state index in [1.807, 2.05) is 35.7 Å². The molecule has 0 amide bonds. The Morgan fingerprint density at radius 3 is 2.52 bits per heavy atom. The zero-order valence-electron chi connectivity index (χ0n) is 14.6. The second-order valence-corrected chi connectivity index (χ2v) is 7.44. The Morgan fingerprint density at radius 2 is 1.81 bits per heavy atom. The number of ether oxygens (including phenoxy) is 2. The number of thiazole rings is 1. The normalized spacial score (nSPS) is 14.6. The van der Waals surface area contributed by atoms with Gasteiger partial charge in [0.15, 0.2) is 0 Å². The van der Waals surface area contributed by atoms with Crippen LogP contribution in [0, 0.1) is 5.82 Å². The molecule has 138 valence electrons. The first kappa shape index (κ1) is 17.7. The molecule has 0 aliphatic heterocycles. The minimum atomic E-state index is -0.480. The Labute approximate surface area is 160 Å². The minimum Gasteiger partial charge on any atom is -0.486 e. The molecule has 0 radical (unpaired) electrons. The van der Waals surface area contributed by atoms with Gasteiger partial charge in [0.1, 0.15) is 29.8 Å². The molecule has 0 bridgehead atoms. The molecule has 27 heavy (non-hydrogen) atoms. The number of esters is 1. The van der Waals surface area contributed by atoms with Crippen LogP contribution in [-0.2, 0) is 28.2 Å². The van der Waals surface area contributed by atoms with Gasteiger partial charge in [-0.05, 0) is 42.7 Å². The lowest BCUT2D eigenvalue weighted by Gasteiger charge is -2.14. The predicted octanol–water partition coefficient (Wildman–Crippen LogP) is 4.64. The number of nitrogens with zero attached hydrogens (tertiary/aromatic N) is 1. The number of aromatic nitrogens is 1. The molecule has 1 aliphatic carbocycles. The van der Waals surface area contributed by atoms with E-state index in [-0.39, 0.29) is 25.0 Å². The van der Waals surface area contributed by atoms with Crippen LogP contribution < -0.4 is 4.74 Å². The molecule has 1 saturated carbocycles. The molecule has 4 rings (SSSR count). The predicted molar refractivity (Wildman–Crippen MR) is 100.0 cm³/mol. The molecule has 1 heterocycles. The molecule has 0 saturated heterocycles. The number of carbonyl (C=O) groups excluding carboxylic acids is 1. The fourth-order valence-electron chi connectivity index (χ4n) is 2.93. The summed E-state index contributed by atoms with van der Waals surface area (Å²) < 4.78 is 24.0. The molecule has 1 aromatic heterocycles. The SMILES string of the molecule is O=C(OCc1csc(COc2ccc(F)cc2)n1)C1(c2ccccc2)CC1. The Hall–Kier alpha value is -2.73. The van der Waals surface area contributed by atoms with Crippen LogP contribution in [0.25, 0.3) is 0 Å². The monoisotopic (exact) mass is 383 g/mol. The van der Waals surface area contributed by atoms with Crippen LogP contribution in [0.1, 0.15) is 29.1 Å². The van der Waals surface area contributed by atoms with E-state index in [0.717, 1.165) is 23.4 Å². The van der Waals surface area contributed by atoms with Crippen LogP contribution in [0.3, 0.4) is 0 Å². The summed E-state index contributed by atoms with van der Waals surface area (Å²) in [7, 11) is 0. The highest BCUT2D eigenvalue weighted by Gasteiger charge is 2.52. The summed E-state index contributed by atoms with van der Waals surface area (Å²) in [6, 6.07) is 15.6. The maximum Gasteiger partial charge on any atom is 0.316 e. The lowest BCUT2D eigenvalue weighted by molar-refractivity contribution is -0.148. The first-order valence-electron chi connectivity index (χ1n) is 8.70. The Morgan fingerprint density at radius 1 is 1.07 bits per heavy atom. The molecule has 3 aromatic rings. The van der Waals surface area contributed by atoms with Crippen molar-refractivity contribution < 1.29 is 18.7 Å². The van der Waals surface area contributed by atoms with Gasteiger partial charge in [0.25, 0.3) is 0 Å². The Balaban J connectivity index is 1.31. The van der Waals surface area contributed by atoms with Crippen molar-refractivity contribution in [2.45, 2.75) is 31.5 Å². The number of halogens is 1. The van der Waals surface area contributed by atoms with E-state index in [1.165, 1.54) is 23.5 Å². The number of carbonyl (C=O) groups is 1. The van der Waals surface area contributed by atoms with Crippen molar-refractivity contribution in [2.24, 2.45) is 0 Å². The summed E-state index contributed by atoms with van der Waals surface area (Å²) >= 11 is 1.44. The zero-order chi connectivity index (χ0) is 18.7. The van der Waals surface area contributed by atoms with Crippen molar-refractivity contribution in [3.8, 4) is 5.75 Å². The third-order valence-electron chi connectivity index (χ3n) is 4.59. The highest BCUT2D eigenvalue weighted by Crippen LogP contribution is 2.49. The summed E-state index contributed by atoms with van der Waals surface area (Å²) in [6.45, 7) is 0.443. The number of rotatable bonds is 7. The topological polar surface area (TPSA) is 48.4 Å². The van der Waals surface area contributed by atoms with Crippen molar-refractivity contribution >= 4 is 17.3 Å². The molecule has 4 nitrogen and oxygen atoms in total. The maximum atomic E-state index is 12.9. The van der Waals surface area contributed by atoms with Gasteiger partial charge in [0.05, 0.1) is 11.1 Å². The Kier molecular flexibility index (Phi) is 4.90. The van der Waals surface area contributed by atoms with Crippen LogP contribution in [-0.4, -0.2) is 11.0 Å². The maximum absolute atomic E-state index is 12.9. The second kappa shape index (κ2) is 7.48. The van der Waals surface area contributed by atoms with Gasteiger partial charge in [-0.25, -0.2) is 9.37 Å². The fourth-order valence-corrected chi connectivity index (χ4v) is 3.62. The van der Waals surface area contributed by atoms with Crippen molar-refractivity contribution in [3.63, 3.8) is 0 Å². The smallest absolute Gasteiger partial charge is 0.316 e. The molecule has 6 heteroatoms. The molecule has 1 fully saturated rings. The van der Waals surface area contributed by atoms with Gasteiger partial charge < -0.3 is 9.47 Å². The van der Waals surface area contributed by atoms with Crippen molar-refractivity contribution in [2.75, 3.05) is 0 Å². The van der Waals surface area contributed by atoms with Crippen LogP contribution >= 0.6 is 11.3 Å². The van der Waals surface area contributed by atoms with Crippen molar-refractivity contribution in [1.29, 1.82) is 0 Å². The van der Waals surface area contributed by atoms with Crippen LogP contribution in [0.5, 0.6) is 5.75 Å². The molecular formula is C21H18FNO3S. The summed E-state index contributed by atoms with van der Waals surface area (Å²) in [4.78, 5) is 17.0. The lowest BCUT2D eigenvalue weighted by atomic mass is 9.96.